The number of nitrogens with two attached hydrogens (primary N) is 1. The van der Waals surface area contributed by atoms with Crippen molar-refractivity contribution < 1.29 is 14.3 Å². The van der Waals surface area contributed by atoms with Crippen molar-refractivity contribution in [2.45, 2.75) is 38.5 Å². The second kappa shape index (κ2) is 6.80. The molecule has 7 heteroatoms. The minimum absolute atomic E-state index is 0.00260. The Morgan fingerprint density at radius 3 is 2.59 bits per heavy atom. The molecular weight excluding hydrogens is 344 g/mol. The Hall–Kier alpha value is -3.27. The zero-order valence-corrected chi connectivity index (χ0v) is 15.8. The molecule has 1 aromatic heterocycles. The molecule has 0 bridgehead atoms. The summed E-state index contributed by atoms with van der Waals surface area (Å²) in [5.41, 5.74) is 9.49. The number of allylic oxidation sites excluding steroid dienone is 1. The van der Waals surface area contributed by atoms with Gasteiger partial charge in [-0.2, -0.15) is 5.26 Å². The zero-order valence-electron chi connectivity index (χ0n) is 15.8. The van der Waals surface area contributed by atoms with Gasteiger partial charge in [0.2, 0.25) is 11.8 Å². The molecule has 140 valence electrons. The number of aromatic nitrogens is 2. The first-order chi connectivity index (χ1) is 12.8. The minimum atomic E-state index is -0.467. The van der Waals surface area contributed by atoms with Crippen LogP contribution in [0.25, 0.3) is 0 Å². The van der Waals surface area contributed by atoms with Crippen LogP contribution in [0.5, 0.6) is 5.88 Å². The van der Waals surface area contributed by atoms with Crippen LogP contribution in [0.1, 0.15) is 49.1 Å². The fourth-order valence-electron chi connectivity index (χ4n) is 3.17. The van der Waals surface area contributed by atoms with E-state index >= 15 is 0 Å². The largest absolute Gasteiger partial charge is 0.469 e. The van der Waals surface area contributed by atoms with Crippen LogP contribution >= 0.6 is 0 Å². The number of rotatable bonds is 3. The van der Waals surface area contributed by atoms with Gasteiger partial charge in [0.15, 0.2) is 0 Å². The molecule has 3 N–H and O–H groups in total. The minimum Gasteiger partial charge on any atom is -0.469 e. The van der Waals surface area contributed by atoms with Gasteiger partial charge >= 0.3 is 5.97 Å². The lowest BCUT2D eigenvalue weighted by Gasteiger charge is -2.25. The number of fused-ring (bicyclic) bond motifs is 1. The number of hydrogen-bond acceptors (Lipinski definition) is 6. The van der Waals surface area contributed by atoms with Gasteiger partial charge in [0.05, 0.1) is 30.7 Å². The van der Waals surface area contributed by atoms with Crippen molar-refractivity contribution in [1.82, 2.24) is 10.2 Å². The van der Waals surface area contributed by atoms with Crippen molar-refractivity contribution in [2.24, 2.45) is 5.73 Å². The Morgan fingerprint density at radius 1 is 1.37 bits per heavy atom. The smallest absolute Gasteiger partial charge is 0.311 e. The third-order valence-electron chi connectivity index (χ3n) is 4.68. The summed E-state index contributed by atoms with van der Waals surface area (Å²) in [6, 6.07) is 10.2. The SMILES string of the molecule is COC(=O)Cc1[nH]nc2c1C(c1ccc(C(C)(C)C)cc1)C(C#N)=C(N)O2. The van der Waals surface area contributed by atoms with Crippen molar-refractivity contribution in [3.63, 3.8) is 0 Å². The predicted octanol–water partition coefficient (Wildman–Crippen LogP) is 2.64. The van der Waals surface area contributed by atoms with Gasteiger partial charge in [0, 0.05) is 0 Å². The van der Waals surface area contributed by atoms with E-state index in [-0.39, 0.29) is 23.6 Å². The summed E-state index contributed by atoms with van der Waals surface area (Å²) in [5, 5.41) is 16.6. The first-order valence-electron chi connectivity index (χ1n) is 8.58. The van der Waals surface area contributed by atoms with E-state index in [1.165, 1.54) is 12.7 Å². The number of nitrogens with one attached hydrogen (secondary N) is 1. The van der Waals surface area contributed by atoms with Gasteiger partial charge in [-0.15, -0.1) is 5.10 Å². The molecule has 3 rings (SSSR count). The van der Waals surface area contributed by atoms with Crippen LogP contribution in [-0.2, 0) is 21.4 Å². The molecule has 2 aromatic rings. The van der Waals surface area contributed by atoms with E-state index in [0.717, 1.165) is 5.56 Å². The van der Waals surface area contributed by atoms with Crippen LogP contribution in [0.2, 0.25) is 0 Å². The third-order valence-corrected chi connectivity index (χ3v) is 4.68. The number of aromatic amines is 1. The van der Waals surface area contributed by atoms with E-state index in [9.17, 15) is 10.1 Å². The highest BCUT2D eigenvalue weighted by Crippen LogP contribution is 2.43. The first-order valence-corrected chi connectivity index (χ1v) is 8.58. The summed E-state index contributed by atoms with van der Waals surface area (Å²) in [6.07, 6.45) is -0.00260. The Morgan fingerprint density at radius 2 is 2.04 bits per heavy atom. The molecule has 1 atom stereocenters. The van der Waals surface area contributed by atoms with E-state index in [1.807, 2.05) is 24.3 Å². The first kappa shape index (κ1) is 18.5. The summed E-state index contributed by atoms with van der Waals surface area (Å²) in [5.74, 6) is -0.586. The van der Waals surface area contributed by atoms with Crippen LogP contribution in [0.15, 0.2) is 35.7 Å². The Labute approximate surface area is 157 Å². The van der Waals surface area contributed by atoms with Gasteiger partial charge in [-0.1, -0.05) is 45.0 Å². The molecule has 0 aliphatic carbocycles. The highest BCUT2D eigenvalue weighted by molar-refractivity contribution is 5.73. The van der Waals surface area contributed by atoms with Crippen LogP contribution < -0.4 is 10.5 Å². The number of ether oxygens (including phenoxy) is 2. The van der Waals surface area contributed by atoms with Gasteiger partial charge in [-0.25, -0.2) is 0 Å². The average molecular weight is 366 g/mol. The maximum atomic E-state index is 11.8. The van der Waals surface area contributed by atoms with Crippen molar-refractivity contribution in [2.75, 3.05) is 7.11 Å². The quantitative estimate of drug-likeness (QED) is 0.807. The van der Waals surface area contributed by atoms with Crippen molar-refractivity contribution in [3.8, 4) is 11.9 Å². The van der Waals surface area contributed by atoms with Gasteiger partial charge in [-0.3, -0.25) is 9.89 Å². The summed E-state index contributed by atoms with van der Waals surface area (Å²) in [7, 11) is 1.32. The Balaban J connectivity index is 2.12. The molecule has 2 heterocycles. The fraction of sp³-hybridized carbons (Fsp3) is 0.350. The number of methoxy groups -OCH3 is 1. The Kier molecular flexibility index (Phi) is 4.66. The van der Waals surface area contributed by atoms with Gasteiger partial charge in [0.1, 0.15) is 11.6 Å². The average Bonchev–Trinajstić information content (AvgIpc) is 3.01. The van der Waals surface area contributed by atoms with Crippen LogP contribution in [0.4, 0.5) is 0 Å². The lowest BCUT2D eigenvalue weighted by molar-refractivity contribution is -0.139. The van der Waals surface area contributed by atoms with E-state index < -0.39 is 11.9 Å². The van der Waals surface area contributed by atoms with Crippen LogP contribution in [0.3, 0.4) is 0 Å². The van der Waals surface area contributed by atoms with Crippen molar-refractivity contribution in [1.29, 1.82) is 5.26 Å². The summed E-state index contributed by atoms with van der Waals surface area (Å²) >= 11 is 0. The molecule has 7 nitrogen and oxygen atoms in total. The maximum absolute atomic E-state index is 11.8. The van der Waals surface area contributed by atoms with Crippen molar-refractivity contribution in [3.05, 3.63) is 58.1 Å². The summed E-state index contributed by atoms with van der Waals surface area (Å²) < 4.78 is 10.3. The van der Waals surface area contributed by atoms with E-state index in [4.69, 9.17) is 15.2 Å². The van der Waals surface area contributed by atoms with Crippen molar-refractivity contribution >= 4 is 5.97 Å². The number of carbonyl (C=O) groups is 1. The molecule has 1 aliphatic rings. The number of nitriles is 1. The normalized spacial score (nSPS) is 16.3. The Bertz CT molecular complexity index is 943. The molecule has 0 saturated heterocycles. The predicted molar refractivity (Wildman–Crippen MR) is 98.7 cm³/mol. The van der Waals surface area contributed by atoms with Crippen LogP contribution in [0, 0.1) is 11.3 Å². The molecule has 0 fully saturated rings. The summed E-state index contributed by atoms with van der Waals surface area (Å²) in [6.45, 7) is 6.41. The fourth-order valence-corrected chi connectivity index (χ4v) is 3.17. The zero-order chi connectivity index (χ0) is 19.8. The van der Waals surface area contributed by atoms with E-state index in [1.54, 1.807) is 0 Å². The molecule has 1 aliphatic heterocycles. The lowest BCUT2D eigenvalue weighted by Crippen LogP contribution is -2.22. The second-order valence-corrected chi connectivity index (χ2v) is 7.47. The van der Waals surface area contributed by atoms with E-state index in [2.05, 4.69) is 37.0 Å². The highest BCUT2D eigenvalue weighted by Gasteiger charge is 2.35. The molecular formula is C20H22N4O3. The molecule has 1 aromatic carbocycles. The molecule has 27 heavy (non-hydrogen) atoms. The maximum Gasteiger partial charge on any atom is 0.311 e. The third kappa shape index (κ3) is 3.38. The second-order valence-electron chi connectivity index (χ2n) is 7.47. The van der Waals surface area contributed by atoms with Gasteiger partial charge in [-0.05, 0) is 16.5 Å². The van der Waals surface area contributed by atoms with Crippen LogP contribution in [-0.4, -0.2) is 23.3 Å². The van der Waals surface area contributed by atoms with Gasteiger partial charge in [0.25, 0.3) is 0 Å². The number of esters is 1. The topological polar surface area (TPSA) is 114 Å². The highest BCUT2D eigenvalue weighted by atomic mass is 16.5. The number of hydrogen-bond donors (Lipinski definition) is 2. The summed E-state index contributed by atoms with van der Waals surface area (Å²) in [4.78, 5) is 11.8. The monoisotopic (exact) mass is 366 g/mol. The number of H-pyrrole nitrogens is 1. The number of nitrogens with zero attached hydrogens (tertiary/aromatic N) is 2. The number of benzene rings is 1. The van der Waals surface area contributed by atoms with Gasteiger partial charge < -0.3 is 15.2 Å². The molecule has 0 saturated carbocycles. The molecule has 0 radical (unpaired) electrons. The molecule has 1 unspecified atom stereocenters. The lowest BCUT2D eigenvalue weighted by atomic mass is 9.81. The van der Waals surface area contributed by atoms with E-state index in [0.29, 0.717) is 16.8 Å². The molecule has 0 amide bonds. The molecule has 0 spiro atoms. The standard InChI is InChI=1S/C20H22N4O3/c1-20(2,3)12-7-5-11(6-8-12)16-13(10-21)18(22)27-19-17(16)14(23-24-19)9-15(25)26-4/h5-8,16H,9,22H2,1-4H3,(H,23,24). The number of carbonyl (C=O) groups excluding carboxylic acids is 1.